The Morgan fingerprint density at radius 3 is 2.25 bits per heavy atom. The van der Waals surface area contributed by atoms with Crippen molar-refractivity contribution in [3.8, 4) is 11.4 Å². The van der Waals surface area contributed by atoms with Crippen molar-refractivity contribution >= 4 is 11.6 Å². The molecule has 0 unspecified atom stereocenters. The van der Waals surface area contributed by atoms with Crippen molar-refractivity contribution in [2.75, 3.05) is 43.4 Å². The second kappa shape index (κ2) is 6.77. The van der Waals surface area contributed by atoms with Gasteiger partial charge >= 0.3 is 0 Å². The zero-order valence-corrected chi connectivity index (χ0v) is 15.1. The molecule has 1 fully saturated rings. The summed E-state index contributed by atoms with van der Waals surface area (Å²) in [6.07, 6.45) is 0. The maximum absolute atomic E-state index is 4.84. The van der Waals surface area contributed by atoms with Gasteiger partial charge < -0.3 is 15.1 Å². The van der Waals surface area contributed by atoms with Gasteiger partial charge in [0.1, 0.15) is 11.6 Å². The van der Waals surface area contributed by atoms with E-state index in [0.29, 0.717) is 0 Å². The number of nitrogens with zero attached hydrogens (tertiary/aromatic N) is 4. The summed E-state index contributed by atoms with van der Waals surface area (Å²) in [5.74, 6) is 2.66. The molecule has 0 aliphatic carbocycles. The maximum atomic E-state index is 4.84. The lowest BCUT2D eigenvalue weighted by molar-refractivity contribution is 0.312. The molecule has 0 radical (unpaired) electrons. The molecule has 0 atom stereocenters. The first-order valence-electron chi connectivity index (χ1n) is 8.57. The average molecular weight is 325 g/mol. The van der Waals surface area contributed by atoms with Crippen molar-refractivity contribution in [3.05, 3.63) is 36.4 Å². The third-order valence-electron chi connectivity index (χ3n) is 4.07. The highest BCUT2D eigenvalue weighted by molar-refractivity contribution is 5.62. The minimum atomic E-state index is -0.0400. The van der Waals surface area contributed by atoms with Crippen molar-refractivity contribution < 1.29 is 0 Å². The zero-order valence-electron chi connectivity index (χ0n) is 15.1. The van der Waals surface area contributed by atoms with Gasteiger partial charge in [0.05, 0.1) is 0 Å². The molecule has 2 heterocycles. The van der Waals surface area contributed by atoms with Crippen LogP contribution in [0.4, 0.5) is 11.6 Å². The van der Waals surface area contributed by atoms with Gasteiger partial charge in [0.15, 0.2) is 5.82 Å². The van der Waals surface area contributed by atoms with E-state index in [1.165, 1.54) is 0 Å². The monoisotopic (exact) mass is 325 g/mol. The van der Waals surface area contributed by atoms with E-state index >= 15 is 0 Å². The molecule has 0 saturated carbocycles. The predicted molar refractivity (Wildman–Crippen MR) is 101 cm³/mol. The molecule has 1 saturated heterocycles. The van der Waals surface area contributed by atoms with Crippen LogP contribution in [-0.4, -0.2) is 53.6 Å². The summed E-state index contributed by atoms with van der Waals surface area (Å²) in [5.41, 5.74) is 1.01. The Balaban J connectivity index is 1.96. The lowest BCUT2D eigenvalue weighted by Crippen LogP contribution is -2.45. The summed E-state index contributed by atoms with van der Waals surface area (Å²) in [4.78, 5) is 14.3. The van der Waals surface area contributed by atoms with Crippen LogP contribution in [0.25, 0.3) is 11.4 Å². The van der Waals surface area contributed by atoms with E-state index < -0.39 is 0 Å². The van der Waals surface area contributed by atoms with Crippen LogP contribution >= 0.6 is 0 Å². The fourth-order valence-corrected chi connectivity index (χ4v) is 2.80. The zero-order chi connectivity index (χ0) is 17.2. The molecule has 1 aliphatic heterocycles. The molecule has 24 heavy (non-hydrogen) atoms. The van der Waals surface area contributed by atoms with Gasteiger partial charge in [0, 0.05) is 43.3 Å². The minimum Gasteiger partial charge on any atom is -0.365 e. The van der Waals surface area contributed by atoms with Gasteiger partial charge in [-0.1, -0.05) is 30.3 Å². The van der Waals surface area contributed by atoms with Crippen LogP contribution in [0.2, 0.25) is 0 Å². The minimum absolute atomic E-state index is 0.0400. The first-order chi connectivity index (χ1) is 11.4. The van der Waals surface area contributed by atoms with Crippen molar-refractivity contribution in [3.63, 3.8) is 0 Å². The standard InChI is InChI=1S/C19H27N5/c1-19(2,3)22-16-14-17(24-12-10-23(4)11-13-24)21-18(20-16)15-8-6-5-7-9-15/h5-9,14H,10-13H2,1-4H3,(H,20,21,22). The van der Waals surface area contributed by atoms with Gasteiger partial charge in [-0.15, -0.1) is 0 Å². The van der Waals surface area contributed by atoms with Gasteiger partial charge in [-0.3, -0.25) is 0 Å². The number of nitrogens with one attached hydrogen (secondary N) is 1. The molecule has 5 nitrogen and oxygen atoms in total. The largest absolute Gasteiger partial charge is 0.365 e. The number of hydrogen-bond acceptors (Lipinski definition) is 5. The number of piperazine rings is 1. The maximum Gasteiger partial charge on any atom is 0.163 e. The number of aromatic nitrogens is 2. The Labute approximate surface area is 144 Å². The smallest absolute Gasteiger partial charge is 0.163 e. The van der Waals surface area contributed by atoms with Crippen molar-refractivity contribution in [1.82, 2.24) is 14.9 Å². The van der Waals surface area contributed by atoms with Crippen molar-refractivity contribution in [1.29, 1.82) is 0 Å². The van der Waals surface area contributed by atoms with Crippen LogP contribution in [0, 0.1) is 0 Å². The predicted octanol–water partition coefficient (Wildman–Crippen LogP) is 3.11. The Hall–Kier alpha value is -2.14. The topological polar surface area (TPSA) is 44.3 Å². The summed E-state index contributed by atoms with van der Waals surface area (Å²) in [5, 5.41) is 3.49. The number of hydrogen-bond donors (Lipinski definition) is 1. The summed E-state index contributed by atoms with van der Waals surface area (Å²) < 4.78 is 0. The molecular weight excluding hydrogens is 298 g/mol. The quantitative estimate of drug-likeness (QED) is 0.939. The van der Waals surface area contributed by atoms with Gasteiger partial charge in [0.25, 0.3) is 0 Å². The molecule has 5 heteroatoms. The highest BCUT2D eigenvalue weighted by Gasteiger charge is 2.19. The fourth-order valence-electron chi connectivity index (χ4n) is 2.80. The molecule has 0 bridgehead atoms. The fraction of sp³-hybridized carbons (Fsp3) is 0.474. The molecule has 1 aliphatic rings. The molecule has 3 rings (SSSR count). The molecule has 1 aromatic heterocycles. The summed E-state index contributed by atoms with van der Waals surface area (Å²) in [6.45, 7) is 10.6. The van der Waals surface area contributed by atoms with Gasteiger partial charge in [-0.2, -0.15) is 0 Å². The van der Waals surface area contributed by atoms with Crippen LogP contribution < -0.4 is 10.2 Å². The van der Waals surface area contributed by atoms with Crippen LogP contribution in [0.3, 0.4) is 0 Å². The van der Waals surface area contributed by atoms with E-state index in [0.717, 1.165) is 49.2 Å². The molecule has 0 spiro atoms. The van der Waals surface area contributed by atoms with E-state index in [-0.39, 0.29) is 5.54 Å². The number of rotatable bonds is 3. The molecular formula is C19H27N5. The Morgan fingerprint density at radius 2 is 1.62 bits per heavy atom. The van der Waals surface area contributed by atoms with Crippen LogP contribution in [-0.2, 0) is 0 Å². The second-order valence-electron chi connectivity index (χ2n) is 7.47. The van der Waals surface area contributed by atoms with Crippen molar-refractivity contribution in [2.45, 2.75) is 26.3 Å². The molecule has 2 aromatic rings. The lowest BCUT2D eigenvalue weighted by Gasteiger charge is -2.33. The molecule has 1 N–H and O–H groups in total. The molecule has 1 aromatic carbocycles. The van der Waals surface area contributed by atoms with Gasteiger partial charge in [-0.25, -0.2) is 9.97 Å². The number of benzene rings is 1. The van der Waals surface area contributed by atoms with E-state index in [2.05, 4.69) is 61.1 Å². The average Bonchev–Trinajstić information content (AvgIpc) is 2.54. The first kappa shape index (κ1) is 16.7. The number of anilines is 2. The SMILES string of the molecule is CN1CCN(c2cc(NC(C)(C)C)nc(-c3ccccc3)n2)CC1. The second-order valence-corrected chi connectivity index (χ2v) is 7.47. The Kier molecular flexibility index (Phi) is 4.71. The van der Waals surface area contributed by atoms with E-state index in [1.807, 2.05) is 18.2 Å². The highest BCUT2D eigenvalue weighted by atomic mass is 15.3. The normalized spacial score (nSPS) is 16.2. The number of likely N-dealkylation sites (N-methyl/N-ethyl adjacent to an activating group) is 1. The highest BCUT2D eigenvalue weighted by Crippen LogP contribution is 2.24. The Morgan fingerprint density at radius 1 is 0.958 bits per heavy atom. The van der Waals surface area contributed by atoms with E-state index in [1.54, 1.807) is 0 Å². The lowest BCUT2D eigenvalue weighted by atomic mass is 10.1. The molecule has 0 amide bonds. The van der Waals surface area contributed by atoms with E-state index in [4.69, 9.17) is 9.97 Å². The van der Waals surface area contributed by atoms with Crippen LogP contribution in [0.5, 0.6) is 0 Å². The van der Waals surface area contributed by atoms with Gasteiger partial charge in [0.2, 0.25) is 0 Å². The molecule has 128 valence electrons. The van der Waals surface area contributed by atoms with Gasteiger partial charge in [-0.05, 0) is 27.8 Å². The summed E-state index contributed by atoms with van der Waals surface area (Å²) >= 11 is 0. The first-order valence-corrected chi connectivity index (χ1v) is 8.57. The Bertz CT molecular complexity index is 670. The summed E-state index contributed by atoms with van der Waals surface area (Å²) in [6, 6.07) is 12.3. The third-order valence-corrected chi connectivity index (χ3v) is 4.07. The summed E-state index contributed by atoms with van der Waals surface area (Å²) in [7, 11) is 2.17. The van der Waals surface area contributed by atoms with E-state index in [9.17, 15) is 0 Å². The van der Waals surface area contributed by atoms with Crippen molar-refractivity contribution in [2.24, 2.45) is 0 Å². The third kappa shape index (κ3) is 4.23. The van der Waals surface area contributed by atoms with Crippen LogP contribution in [0.15, 0.2) is 36.4 Å². The van der Waals surface area contributed by atoms with Crippen LogP contribution in [0.1, 0.15) is 20.8 Å².